The van der Waals surface area contributed by atoms with Gasteiger partial charge in [-0.1, -0.05) is 12.1 Å². The van der Waals surface area contributed by atoms with E-state index in [2.05, 4.69) is 5.32 Å². The lowest BCUT2D eigenvalue weighted by molar-refractivity contribution is 0.101. The molecule has 0 aromatic heterocycles. The Labute approximate surface area is 121 Å². The van der Waals surface area contributed by atoms with Crippen LogP contribution in [-0.2, 0) is 9.84 Å². The van der Waals surface area contributed by atoms with Crippen LogP contribution in [0.2, 0.25) is 0 Å². The molecule has 0 bridgehead atoms. The molecule has 106 valence electrons. The topological polar surface area (TPSA) is 80.3 Å². The number of anilines is 1. The van der Waals surface area contributed by atoms with Crippen LogP contribution in [0.4, 0.5) is 5.69 Å². The highest BCUT2D eigenvalue weighted by molar-refractivity contribution is 7.91. The zero-order valence-electron chi connectivity index (χ0n) is 11.1. The molecule has 0 saturated heterocycles. The summed E-state index contributed by atoms with van der Waals surface area (Å²) >= 11 is 0. The molecule has 1 N–H and O–H groups in total. The number of carbonyl (C=O) groups is 2. The zero-order chi connectivity index (χ0) is 15.2. The Bertz CT molecular complexity index is 884. The number of hydrogen-bond acceptors (Lipinski definition) is 4. The second-order valence-electron chi connectivity index (χ2n) is 4.72. The normalized spacial score (nSPS) is 15.4. The van der Waals surface area contributed by atoms with Crippen molar-refractivity contribution < 1.29 is 18.0 Å². The predicted molar refractivity (Wildman–Crippen MR) is 76.3 cm³/mol. The molecule has 3 rings (SSSR count). The van der Waals surface area contributed by atoms with Crippen LogP contribution in [0.5, 0.6) is 0 Å². The van der Waals surface area contributed by atoms with Crippen LogP contribution in [-0.4, -0.2) is 20.1 Å². The summed E-state index contributed by atoms with van der Waals surface area (Å²) in [4.78, 5) is 23.6. The second-order valence-corrected chi connectivity index (χ2v) is 6.61. The molecule has 0 unspecified atom stereocenters. The number of amides is 1. The maximum atomic E-state index is 12.7. The minimum atomic E-state index is -3.81. The van der Waals surface area contributed by atoms with Crippen molar-refractivity contribution in [1.29, 1.82) is 0 Å². The van der Waals surface area contributed by atoms with Gasteiger partial charge in [-0.05, 0) is 37.3 Å². The molecular weight excluding hydrogens is 290 g/mol. The van der Waals surface area contributed by atoms with E-state index in [1.807, 2.05) is 0 Å². The predicted octanol–water partition coefficient (Wildman–Crippen LogP) is 2.29. The van der Waals surface area contributed by atoms with Crippen molar-refractivity contribution >= 4 is 27.2 Å². The SMILES string of the molecule is CC(=O)c1ccc2c(c1)NC(=O)c1ccccc1S2(=O)=O. The van der Waals surface area contributed by atoms with E-state index in [1.54, 1.807) is 12.1 Å². The van der Waals surface area contributed by atoms with Crippen molar-refractivity contribution in [3.8, 4) is 0 Å². The average Bonchev–Trinajstić information content (AvgIpc) is 2.54. The highest BCUT2D eigenvalue weighted by atomic mass is 32.2. The van der Waals surface area contributed by atoms with Crippen LogP contribution in [0.15, 0.2) is 52.3 Å². The Balaban J connectivity index is 2.34. The first-order valence-electron chi connectivity index (χ1n) is 6.22. The minimum Gasteiger partial charge on any atom is -0.321 e. The van der Waals surface area contributed by atoms with Crippen molar-refractivity contribution in [2.75, 3.05) is 5.32 Å². The van der Waals surface area contributed by atoms with Gasteiger partial charge in [-0.15, -0.1) is 0 Å². The van der Waals surface area contributed by atoms with E-state index in [0.29, 0.717) is 5.56 Å². The highest BCUT2D eigenvalue weighted by Crippen LogP contribution is 2.34. The first kappa shape index (κ1) is 13.5. The van der Waals surface area contributed by atoms with Crippen LogP contribution in [0.1, 0.15) is 27.6 Å². The Kier molecular flexibility index (Phi) is 2.91. The molecule has 1 amide bonds. The molecule has 5 nitrogen and oxygen atoms in total. The van der Waals surface area contributed by atoms with Crippen molar-refractivity contribution in [1.82, 2.24) is 0 Å². The van der Waals surface area contributed by atoms with E-state index in [1.165, 1.54) is 37.3 Å². The van der Waals surface area contributed by atoms with Gasteiger partial charge in [0, 0.05) is 5.56 Å². The third-order valence-electron chi connectivity index (χ3n) is 3.35. The molecule has 21 heavy (non-hydrogen) atoms. The van der Waals surface area contributed by atoms with Crippen LogP contribution in [0.3, 0.4) is 0 Å². The van der Waals surface area contributed by atoms with Gasteiger partial charge in [0.05, 0.1) is 21.0 Å². The molecule has 1 aliphatic rings. The van der Waals surface area contributed by atoms with E-state index in [9.17, 15) is 18.0 Å². The molecule has 2 aromatic carbocycles. The summed E-state index contributed by atoms with van der Waals surface area (Å²) < 4.78 is 25.3. The van der Waals surface area contributed by atoms with E-state index < -0.39 is 15.7 Å². The number of hydrogen-bond donors (Lipinski definition) is 1. The summed E-state index contributed by atoms with van der Waals surface area (Å²) in [5.74, 6) is -0.708. The maximum absolute atomic E-state index is 12.7. The first-order chi connectivity index (χ1) is 9.91. The van der Waals surface area contributed by atoms with Gasteiger partial charge >= 0.3 is 0 Å². The summed E-state index contributed by atoms with van der Waals surface area (Å²) in [6.07, 6.45) is 0. The fraction of sp³-hybridized carbons (Fsp3) is 0.0667. The lowest BCUT2D eigenvalue weighted by Crippen LogP contribution is -2.12. The summed E-state index contributed by atoms with van der Waals surface area (Å²) in [6.45, 7) is 1.38. The van der Waals surface area contributed by atoms with Crippen molar-refractivity contribution in [2.45, 2.75) is 16.7 Å². The molecule has 0 spiro atoms. The Morgan fingerprint density at radius 1 is 1.05 bits per heavy atom. The number of Topliss-reactive ketones (excluding diaryl/α,β-unsaturated/α-hetero) is 1. The summed E-state index contributed by atoms with van der Waals surface area (Å²) in [5, 5.41) is 2.56. The molecular formula is C15H11NO4S. The molecule has 1 aliphatic heterocycles. The van der Waals surface area contributed by atoms with Gasteiger partial charge in [-0.3, -0.25) is 9.59 Å². The fourth-order valence-electron chi connectivity index (χ4n) is 2.28. The van der Waals surface area contributed by atoms with E-state index in [-0.39, 0.29) is 26.8 Å². The maximum Gasteiger partial charge on any atom is 0.257 e. The Hall–Kier alpha value is -2.47. The van der Waals surface area contributed by atoms with Gasteiger partial charge in [0.2, 0.25) is 9.84 Å². The number of carbonyl (C=O) groups excluding carboxylic acids is 2. The average molecular weight is 301 g/mol. The molecule has 0 fully saturated rings. The van der Waals surface area contributed by atoms with Gasteiger partial charge in [0.15, 0.2) is 5.78 Å². The lowest BCUT2D eigenvalue weighted by atomic mass is 10.1. The first-order valence-corrected chi connectivity index (χ1v) is 7.70. The van der Waals surface area contributed by atoms with Crippen molar-refractivity contribution in [2.24, 2.45) is 0 Å². The third kappa shape index (κ3) is 2.04. The Morgan fingerprint density at radius 2 is 1.76 bits per heavy atom. The summed E-state index contributed by atoms with van der Waals surface area (Å²) in [7, 11) is -3.81. The number of sulfone groups is 1. The summed E-state index contributed by atoms with van der Waals surface area (Å²) in [6, 6.07) is 10.2. The van der Waals surface area contributed by atoms with Crippen LogP contribution < -0.4 is 5.32 Å². The molecule has 1 heterocycles. The van der Waals surface area contributed by atoms with E-state index in [4.69, 9.17) is 0 Å². The van der Waals surface area contributed by atoms with E-state index in [0.717, 1.165) is 0 Å². The van der Waals surface area contributed by atoms with Crippen LogP contribution in [0, 0.1) is 0 Å². The third-order valence-corrected chi connectivity index (χ3v) is 5.22. The molecule has 6 heteroatoms. The largest absolute Gasteiger partial charge is 0.321 e. The molecule has 0 atom stereocenters. The molecule has 0 aliphatic carbocycles. The lowest BCUT2D eigenvalue weighted by Gasteiger charge is -2.08. The summed E-state index contributed by atoms with van der Waals surface area (Å²) in [5.41, 5.74) is 0.567. The smallest absolute Gasteiger partial charge is 0.257 e. The molecule has 0 saturated carbocycles. The van der Waals surface area contributed by atoms with Crippen molar-refractivity contribution in [3.63, 3.8) is 0 Å². The number of benzene rings is 2. The second kappa shape index (κ2) is 4.53. The van der Waals surface area contributed by atoms with Gasteiger partial charge in [0.1, 0.15) is 0 Å². The highest BCUT2D eigenvalue weighted by Gasteiger charge is 2.31. The minimum absolute atomic E-state index is 0.00852. The zero-order valence-corrected chi connectivity index (χ0v) is 11.9. The van der Waals surface area contributed by atoms with Crippen LogP contribution >= 0.6 is 0 Å². The van der Waals surface area contributed by atoms with Crippen LogP contribution in [0.25, 0.3) is 0 Å². The van der Waals surface area contributed by atoms with Gasteiger partial charge in [0.25, 0.3) is 5.91 Å². The number of fused-ring (bicyclic) bond motifs is 2. The number of rotatable bonds is 1. The molecule has 0 radical (unpaired) electrons. The monoisotopic (exact) mass is 301 g/mol. The van der Waals surface area contributed by atoms with Gasteiger partial charge in [-0.25, -0.2) is 8.42 Å². The standard InChI is InChI=1S/C15H11NO4S/c1-9(17)10-6-7-14-12(8-10)16-15(18)11-4-2-3-5-13(11)21(14,19)20/h2-8H,1H3,(H,16,18). The quantitative estimate of drug-likeness (QED) is 0.819. The number of ketones is 1. The fourth-order valence-corrected chi connectivity index (χ4v) is 3.87. The number of nitrogens with one attached hydrogen (secondary N) is 1. The Morgan fingerprint density at radius 3 is 2.48 bits per heavy atom. The van der Waals surface area contributed by atoms with E-state index >= 15 is 0 Å². The van der Waals surface area contributed by atoms with Crippen molar-refractivity contribution in [3.05, 3.63) is 53.6 Å². The van der Waals surface area contributed by atoms with Gasteiger partial charge in [-0.2, -0.15) is 0 Å². The van der Waals surface area contributed by atoms with Gasteiger partial charge < -0.3 is 5.32 Å². The molecule has 2 aromatic rings.